The van der Waals surface area contributed by atoms with E-state index in [-0.39, 0.29) is 11.2 Å². The summed E-state index contributed by atoms with van der Waals surface area (Å²) in [6.45, 7) is 5.63. The number of halogens is 2. The third kappa shape index (κ3) is 3.66. The molecule has 0 unspecified atom stereocenters. The van der Waals surface area contributed by atoms with Crippen LogP contribution in [0.3, 0.4) is 0 Å². The highest BCUT2D eigenvalue weighted by Gasteiger charge is 2.17. The molecule has 1 aromatic carbocycles. The van der Waals surface area contributed by atoms with Gasteiger partial charge in [0.25, 0.3) is 0 Å². The summed E-state index contributed by atoms with van der Waals surface area (Å²) in [6.07, 6.45) is 3.27. The molecule has 0 amide bonds. The Balaban J connectivity index is 2.89. The lowest BCUT2D eigenvalue weighted by atomic mass is 9.90. The smallest absolute Gasteiger partial charge is 0.161 e. The van der Waals surface area contributed by atoms with E-state index in [1.54, 1.807) is 30.4 Å². The maximum atomic E-state index is 11.7. The van der Waals surface area contributed by atoms with Gasteiger partial charge in [-0.15, -0.1) is 0 Å². The lowest BCUT2D eigenvalue weighted by Crippen LogP contribution is -2.17. The van der Waals surface area contributed by atoms with Gasteiger partial charge in [-0.05, 0) is 29.8 Å². The van der Waals surface area contributed by atoms with Crippen molar-refractivity contribution in [2.75, 3.05) is 0 Å². The zero-order valence-electron chi connectivity index (χ0n) is 9.55. The van der Waals surface area contributed by atoms with Crippen LogP contribution >= 0.6 is 23.2 Å². The number of ketones is 1. The molecule has 16 heavy (non-hydrogen) atoms. The average Bonchev–Trinajstić information content (AvgIpc) is 2.14. The molecule has 0 aromatic heterocycles. The molecule has 0 N–H and O–H groups in total. The Labute approximate surface area is 106 Å². The molecule has 0 saturated heterocycles. The molecular formula is C13H14Cl2O. The van der Waals surface area contributed by atoms with Crippen LogP contribution < -0.4 is 0 Å². The SMILES string of the molecule is CC(C)(C)C(=O)C=Cc1ccc(Cl)cc1Cl. The molecule has 0 spiro atoms. The fraction of sp³-hybridized carbons (Fsp3) is 0.308. The van der Waals surface area contributed by atoms with Crippen LogP contribution in [0.25, 0.3) is 6.08 Å². The average molecular weight is 257 g/mol. The van der Waals surface area contributed by atoms with Gasteiger partial charge in [0.15, 0.2) is 5.78 Å². The third-order valence-corrected chi connectivity index (χ3v) is 2.68. The summed E-state index contributed by atoms with van der Waals surface area (Å²) in [5.41, 5.74) is 0.429. The standard InChI is InChI=1S/C13H14Cl2O/c1-13(2,3)12(16)7-5-9-4-6-10(14)8-11(9)15/h4-8H,1-3H3. The zero-order valence-corrected chi connectivity index (χ0v) is 11.1. The van der Waals surface area contributed by atoms with Crippen LogP contribution in [0.2, 0.25) is 10.0 Å². The van der Waals surface area contributed by atoms with Crippen molar-refractivity contribution in [3.05, 3.63) is 39.9 Å². The van der Waals surface area contributed by atoms with Gasteiger partial charge in [0.2, 0.25) is 0 Å². The summed E-state index contributed by atoms with van der Waals surface area (Å²) in [6, 6.07) is 5.19. The molecule has 0 aliphatic heterocycles. The van der Waals surface area contributed by atoms with E-state index >= 15 is 0 Å². The molecule has 0 saturated carbocycles. The fourth-order valence-electron chi connectivity index (χ4n) is 1.05. The van der Waals surface area contributed by atoms with Crippen LogP contribution in [-0.4, -0.2) is 5.78 Å². The van der Waals surface area contributed by atoms with Gasteiger partial charge >= 0.3 is 0 Å². The molecule has 0 aliphatic rings. The van der Waals surface area contributed by atoms with Crippen LogP contribution in [0.4, 0.5) is 0 Å². The summed E-state index contributed by atoms with van der Waals surface area (Å²) in [5.74, 6) is 0.0681. The van der Waals surface area contributed by atoms with Crippen molar-refractivity contribution in [1.82, 2.24) is 0 Å². The Morgan fingerprint density at radius 2 is 1.88 bits per heavy atom. The molecule has 0 atom stereocenters. The minimum atomic E-state index is -0.366. The van der Waals surface area contributed by atoms with Crippen molar-refractivity contribution in [3.8, 4) is 0 Å². The monoisotopic (exact) mass is 256 g/mol. The topological polar surface area (TPSA) is 17.1 Å². The van der Waals surface area contributed by atoms with Crippen molar-refractivity contribution in [2.24, 2.45) is 5.41 Å². The summed E-state index contributed by atoms with van der Waals surface area (Å²) < 4.78 is 0. The van der Waals surface area contributed by atoms with Crippen molar-refractivity contribution in [2.45, 2.75) is 20.8 Å². The van der Waals surface area contributed by atoms with E-state index in [9.17, 15) is 4.79 Å². The number of carbonyl (C=O) groups excluding carboxylic acids is 1. The predicted molar refractivity (Wildman–Crippen MR) is 70.0 cm³/mol. The highest BCUT2D eigenvalue weighted by atomic mass is 35.5. The molecule has 0 aliphatic carbocycles. The molecule has 1 aromatic rings. The molecule has 1 rings (SSSR count). The van der Waals surface area contributed by atoms with Crippen LogP contribution in [-0.2, 0) is 4.79 Å². The first kappa shape index (κ1) is 13.3. The minimum Gasteiger partial charge on any atom is -0.294 e. The normalized spacial score (nSPS) is 12.1. The Morgan fingerprint density at radius 3 is 2.38 bits per heavy atom. The first-order valence-corrected chi connectivity index (χ1v) is 5.74. The molecule has 0 fully saturated rings. The minimum absolute atomic E-state index is 0.0681. The molecule has 0 heterocycles. The predicted octanol–water partition coefficient (Wildman–Crippen LogP) is 4.62. The molecule has 86 valence electrons. The number of hydrogen-bond donors (Lipinski definition) is 0. The first-order chi connectivity index (χ1) is 7.30. The second-order valence-electron chi connectivity index (χ2n) is 4.61. The number of hydrogen-bond acceptors (Lipinski definition) is 1. The number of benzene rings is 1. The zero-order chi connectivity index (χ0) is 12.3. The van der Waals surface area contributed by atoms with E-state index < -0.39 is 0 Å². The van der Waals surface area contributed by atoms with E-state index in [4.69, 9.17) is 23.2 Å². The third-order valence-electron chi connectivity index (χ3n) is 2.12. The highest BCUT2D eigenvalue weighted by molar-refractivity contribution is 6.35. The van der Waals surface area contributed by atoms with Gasteiger partial charge < -0.3 is 0 Å². The summed E-state index contributed by atoms with van der Waals surface area (Å²) in [5, 5.41) is 1.13. The van der Waals surface area contributed by atoms with Gasteiger partial charge in [0.1, 0.15) is 0 Å². The van der Waals surface area contributed by atoms with Gasteiger partial charge in [-0.3, -0.25) is 4.79 Å². The van der Waals surface area contributed by atoms with Crippen LogP contribution in [0.1, 0.15) is 26.3 Å². The Hall–Kier alpha value is -0.790. The van der Waals surface area contributed by atoms with Crippen molar-refractivity contribution < 1.29 is 4.79 Å². The summed E-state index contributed by atoms with van der Waals surface area (Å²) >= 11 is 11.8. The van der Waals surface area contributed by atoms with Crippen LogP contribution in [0.5, 0.6) is 0 Å². The maximum Gasteiger partial charge on any atom is 0.161 e. The van der Waals surface area contributed by atoms with Crippen LogP contribution in [0.15, 0.2) is 24.3 Å². The van der Waals surface area contributed by atoms with Crippen molar-refractivity contribution in [1.29, 1.82) is 0 Å². The van der Waals surface area contributed by atoms with Gasteiger partial charge in [0.05, 0.1) is 0 Å². The Kier molecular flexibility index (Phi) is 4.17. The van der Waals surface area contributed by atoms with Gasteiger partial charge in [-0.25, -0.2) is 0 Å². The van der Waals surface area contributed by atoms with Gasteiger partial charge in [-0.1, -0.05) is 50.0 Å². The lowest BCUT2D eigenvalue weighted by Gasteiger charge is -2.12. The Morgan fingerprint density at radius 1 is 1.25 bits per heavy atom. The highest BCUT2D eigenvalue weighted by Crippen LogP contribution is 2.23. The van der Waals surface area contributed by atoms with Gasteiger partial charge in [-0.2, -0.15) is 0 Å². The van der Waals surface area contributed by atoms with Crippen LogP contribution in [0, 0.1) is 5.41 Å². The molecular weight excluding hydrogens is 243 g/mol. The molecule has 0 radical (unpaired) electrons. The van der Waals surface area contributed by atoms with E-state index in [1.807, 2.05) is 20.8 Å². The second-order valence-corrected chi connectivity index (χ2v) is 5.46. The quantitative estimate of drug-likeness (QED) is 0.706. The number of rotatable bonds is 2. The van der Waals surface area contributed by atoms with E-state index in [2.05, 4.69) is 0 Å². The van der Waals surface area contributed by atoms with Crippen molar-refractivity contribution >= 4 is 35.1 Å². The lowest BCUT2D eigenvalue weighted by molar-refractivity contribution is -0.121. The van der Waals surface area contributed by atoms with E-state index in [0.717, 1.165) is 5.56 Å². The largest absolute Gasteiger partial charge is 0.294 e. The summed E-state index contributed by atoms with van der Waals surface area (Å²) in [7, 11) is 0. The number of allylic oxidation sites excluding steroid dienone is 1. The molecule has 3 heteroatoms. The second kappa shape index (κ2) is 5.03. The first-order valence-electron chi connectivity index (χ1n) is 4.98. The molecule has 1 nitrogen and oxygen atoms in total. The maximum absolute atomic E-state index is 11.7. The van der Waals surface area contributed by atoms with Crippen molar-refractivity contribution in [3.63, 3.8) is 0 Å². The van der Waals surface area contributed by atoms with E-state index in [0.29, 0.717) is 10.0 Å². The Bertz CT molecular complexity index is 428. The van der Waals surface area contributed by atoms with E-state index in [1.165, 1.54) is 0 Å². The summed E-state index contributed by atoms with van der Waals surface area (Å²) in [4.78, 5) is 11.7. The molecule has 0 bridgehead atoms. The fourth-order valence-corrected chi connectivity index (χ4v) is 1.52. The number of carbonyl (C=O) groups is 1. The van der Waals surface area contributed by atoms with Gasteiger partial charge in [0, 0.05) is 15.5 Å².